The molecule has 0 aliphatic rings. The normalized spacial score (nSPS) is 10.1. The van der Waals surface area contributed by atoms with E-state index in [1.54, 1.807) is 26.0 Å². The van der Waals surface area contributed by atoms with E-state index in [1.165, 1.54) is 12.1 Å². The number of pyridine rings is 2. The maximum absolute atomic E-state index is 11.9. The third-order valence-electron chi connectivity index (χ3n) is 2.78. The van der Waals surface area contributed by atoms with Crippen molar-refractivity contribution >= 4 is 46.7 Å². The van der Waals surface area contributed by atoms with Crippen LogP contribution >= 0.6 is 23.2 Å². The Hall–Kier alpha value is -2.58. The van der Waals surface area contributed by atoms with Gasteiger partial charge in [-0.1, -0.05) is 23.2 Å². The summed E-state index contributed by atoms with van der Waals surface area (Å²) < 4.78 is 4.91. The molecule has 8 nitrogen and oxygen atoms in total. The van der Waals surface area contributed by atoms with Gasteiger partial charge in [-0.05, 0) is 43.7 Å². The third-order valence-corrected chi connectivity index (χ3v) is 3.17. The molecule has 0 spiro atoms. The molecule has 132 valence electrons. The Labute approximate surface area is 153 Å². The first kappa shape index (κ1) is 18.8. The summed E-state index contributed by atoms with van der Waals surface area (Å²) in [6.07, 6.45) is 0. The van der Waals surface area contributed by atoms with Crippen molar-refractivity contribution < 1.29 is 14.3 Å². The smallest absolute Gasteiger partial charge is 0.357 e. The first-order valence-electron chi connectivity index (χ1n) is 7.19. The number of anilines is 2. The Morgan fingerprint density at radius 1 is 1.12 bits per heavy atom. The Morgan fingerprint density at radius 3 is 2.44 bits per heavy atom. The maximum Gasteiger partial charge on any atom is 0.357 e. The zero-order valence-corrected chi connectivity index (χ0v) is 14.9. The van der Waals surface area contributed by atoms with E-state index in [4.69, 9.17) is 27.9 Å². The van der Waals surface area contributed by atoms with Gasteiger partial charge in [0.2, 0.25) is 0 Å². The largest absolute Gasteiger partial charge is 0.461 e. The number of rotatable bonds is 5. The number of halogens is 2. The number of esters is 1. The van der Waals surface area contributed by atoms with E-state index in [9.17, 15) is 9.59 Å². The van der Waals surface area contributed by atoms with Gasteiger partial charge in [0.15, 0.2) is 5.69 Å². The second-order valence-electron chi connectivity index (χ2n) is 4.84. The third kappa shape index (κ3) is 5.77. The average molecular weight is 384 g/mol. The fourth-order valence-electron chi connectivity index (χ4n) is 1.86. The average Bonchev–Trinajstić information content (AvgIpc) is 2.51. The number of hydrogen-bond acceptors (Lipinski definition) is 6. The zero-order valence-electron chi connectivity index (χ0n) is 13.4. The topological polar surface area (TPSA) is 105 Å². The molecule has 2 aromatic rings. The molecule has 2 rings (SSSR count). The highest BCUT2D eigenvalue weighted by molar-refractivity contribution is 6.32. The van der Waals surface area contributed by atoms with Crippen molar-refractivity contribution in [1.29, 1.82) is 0 Å². The summed E-state index contributed by atoms with van der Waals surface area (Å²) >= 11 is 11.5. The number of hydrogen-bond donors (Lipinski definition) is 3. The van der Waals surface area contributed by atoms with Gasteiger partial charge in [-0.15, -0.1) is 0 Å². The van der Waals surface area contributed by atoms with Gasteiger partial charge in [-0.2, -0.15) is 0 Å². The lowest BCUT2D eigenvalue weighted by Gasteiger charge is -2.11. The predicted molar refractivity (Wildman–Crippen MR) is 95.0 cm³/mol. The van der Waals surface area contributed by atoms with Crippen molar-refractivity contribution in [2.75, 3.05) is 17.3 Å². The first-order chi connectivity index (χ1) is 11.9. The SMILES string of the molecule is CCOC(=O)c1cc(C)cc(NNC(=O)Nc2cc(Cl)nc(Cl)c2)n1. The van der Waals surface area contributed by atoms with Crippen LogP contribution in [0.3, 0.4) is 0 Å². The van der Waals surface area contributed by atoms with Crippen LogP contribution in [0.2, 0.25) is 10.3 Å². The molecular formula is C15H15Cl2N5O3. The van der Waals surface area contributed by atoms with Crippen LogP contribution in [0.15, 0.2) is 24.3 Å². The summed E-state index contributed by atoms with van der Waals surface area (Å²) in [5.41, 5.74) is 6.28. The Kier molecular flexibility index (Phi) is 6.37. The van der Waals surface area contributed by atoms with Crippen LogP contribution in [0.5, 0.6) is 0 Å². The molecule has 2 heterocycles. The summed E-state index contributed by atoms with van der Waals surface area (Å²) in [6.45, 7) is 3.74. The van der Waals surface area contributed by atoms with Crippen LogP contribution in [-0.4, -0.2) is 28.6 Å². The number of amides is 2. The van der Waals surface area contributed by atoms with Gasteiger partial charge in [0, 0.05) is 5.69 Å². The molecule has 2 aromatic heterocycles. The highest BCUT2D eigenvalue weighted by atomic mass is 35.5. The van der Waals surface area contributed by atoms with Crippen LogP contribution < -0.4 is 16.2 Å². The van der Waals surface area contributed by atoms with Crippen molar-refractivity contribution in [3.05, 3.63) is 45.8 Å². The van der Waals surface area contributed by atoms with E-state index in [-0.39, 0.29) is 28.4 Å². The van der Waals surface area contributed by atoms with Crippen LogP contribution in [-0.2, 0) is 4.74 Å². The number of carbonyl (C=O) groups is 2. The lowest BCUT2D eigenvalue weighted by atomic mass is 10.2. The van der Waals surface area contributed by atoms with E-state index in [0.29, 0.717) is 5.69 Å². The molecule has 0 saturated carbocycles. The van der Waals surface area contributed by atoms with Gasteiger partial charge < -0.3 is 10.1 Å². The molecule has 0 fully saturated rings. The van der Waals surface area contributed by atoms with Crippen molar-refractivity contribution in [2.24, 2.45) is 0 Å². The molecule has 2 amide bonds. The minimum atomic E-state index is -0.584. The van der Waals surface area contributed by atoms with Crippen molar-refractivity contribution in [1.82, 2.24) is 15.4 Å². The molecule has 0 atom stereocenters. The number of nitrogens with one attached hydrogen (secondary N) is 3. The minimum absolute atomic E-state index is 0.138. The first-order valence-corrected chi connectivity index (χ1v) is 7.95. The standard InChI is InChI=1S/C15H15Cl2N5O3/c1-3-25-14(23)10-4-8(2)5-13(19-10)21-22-15(24)18-9-6-11(16)20-12(17)7-9/h4-7H,3H2,1-2H3,(H,19,21)(H2,18,20,22,24). The van der Waals surface area contributed by atoms with Crippen molar-refractivity contribution in [2.45, 2.75) is 13.8 Å². The number of nitrogens with zero attached hydrogens (tertiary/aromatic N) is 2. The van der Waals surface area contributed by atoms with Crippen LogP contribution in [0.4, 0.5) is 16.3 Å². The summed E-state index contributed by atoms with van der Waals surface area (Å²) in [5.74, 6) is -0.260. The molecular weight excluding hydrogens is 369 g/mol. The summed E-state index contributed by atoms with van der Waals surface area (Å²) in [5, 5.41) is 2.82. The molecule has 3 N–H and O–H groups in total. The predicted octanol–water partition coefficient (Wildman–Crippen LogP) is 3.42. The van der Waals surface area contributed by atoms with E-state index in [2.05, 4.69) is 26.1 Å². The van der Waals surface area contributed by atoms with Crippen molar-refractivity contribution in [3.8, 4) is 0 Å². The van der Waals surface area contributed by atoms with Gasteiger partial charge in [-0.3, -0.25) is 10.9 Å². The van der Waals surface area contributed by atoms with Gasteiger partial charge in [0.05, 0.1) is 6.61 Å². The van der Waals surface area contributed by atoms with E-state index in [0.717, 1.165) is 5.56 Å². The lowest BCUT2D eigenvalue weighted by Crippen LogP contribution is -2.34. The molecule has 10 heteroatoms. The number of aryl methyl sites for hydroxylation is 1. The monoisotopic (exact) mass is 383 g/mol. The van der Waals surface area contributed by atoms with Gasteiger partial charge in [0.25, 0.3) is 0 Å². The van der Waals surface area contributed by atoms with E-state index in [1.807, 2.05) is 0 Å². The van der Waals surface area contributed by atoms with Gasteiger partial charge >= 0.3 is 12.0 Å². The summed E-state index contributed by atoms with van der Waals surface area (Å²) in [4.78, 5) is 31.5. The van der Waals surface area contributed by atoms with E-state index >= 15 is 0 Å². The maximum atomic E-state index is 11.9. The quantitative estimate of drug-likeness (QED) is 0.415. The molecule has 0 unspecified atom stereocenters. The van der Waals surface area contributed by atoms with Crippen LogP contribution in [0.25, 0.3) is 0 Å². The number of hydrazine groups is 1. The van der Waals surface area contributed by atoms with Gasteiger partial charge in [-0.25, -0.2) is 19.6 Å². The molecule has 25 heavy (non-hydrogen) atoms. The number of ether oxygens (including phenoxy) is 1. The second kappa shape index (κ2) is 8.50. The van der Waals surface area contributed by atoms with Crippen molar-refractivity contribution in [3.63, 3.8) is 0 Å². The number of carbonyl (C=O) groups excluding carboxylic acids is 2. The lowest BCUT2D eigenvalue weighted by molar-refractivity contribution is 0.0519. The zero-order chi connectivity index (χ0) is 18.4. The van der Waals surface area contributed by atoms with E-state index < -0.39 is 12.0 Å². The Balaban J connectivity index is 2.00. The highest BCUT2D eigenvalue weighted by Crippen LogP contribution is 2.18. The summed E-state index contributed by atoms with van der Waals surface area (Å²) in [6, 6.07) is 5.54. The highest BCUT2D eigenvalue weighted by Gasteiger charge is 2.11. The fourth-order valence-corrected chi connectivity index (χ4v) is 2.32. The second-order valence-corrected chi connectivity index (χ2v) is 5.62. The molecule has 0 aliphatic carbocycles. The molecule has 0 aliphatic heterocycles. The van der Waals surface area contributed by atoms with Gasteiger partial charge in [0.1, 0.15) is 16.1 Å². The molecule has 0 radical (unpaired) electrons. The summed E-state index contributed by atoms with van der Waals surface area (Å²) in [7, 11) is 0. The van der Waals surface area contributed by atoms with Crippen LogP contribution in [0.1, 0.15) is 23.0 Å². The minimum Gasteiger partial charge on any atom is -0.461 e. The number of aromatic nitrogens is 2. The molecule has 0 saturated heterocycles. The van der Waals surface area contributed by atoms with Crippen LogP contribution in [0, 0.1) is 6.92 Å². The fraction of sp³-hybridized carbons (Fsp3) is 0.200. The number of urea groups is 1. The molecule has 0 bridgehead atoms. The Bertz CT molecular complexity index is 780. The Morgan fingerprint density at radius 2 is 1.80 bits per heavy atom. The molecule has 0 aromatic carbocycles.